The van der Waals surface area contributed by atoms with E-state index in [1.165, 1.54) is 12.1 Å². The third-order valence-electron chi connectivity index (χ3n) is 5.10. The molecule has 1 heterocycles. The molecule has 2 aromatic carbocycles. The fraction of sp³-hybridized carbons (Fsp3) is 0.364. The van der Waals surface area contributed by atoms with E-state index < -0.39 is 0 Å². The van der Waals surface area contributed by atoms with Crippen LogP contribution in [0.15, 0.2) is 48.5 Å². The van der Waals surface area contributed by atoms with Crippen LogP contribution in [0, 0.1) is 5.82 Å². The number of nitrogens with two attached hydrogens (primary N) is 1. The van der Waals surface area contributed by atoms with Crippen LogP contribution in [-0.2, 0) is 16.0 Å². The highest BCUT2D eigenvalue weighted by Crippen LogP contribution is 2.32. The molecule has 0 spiro atoms. The van der Waals surface area contributed by atoms with Crippen LogP contribution < -0.4 is 5.73 Å². The maximum absolute atomic E-state index is 13.5. The van der Waals surface area contributed by atoms with Crippen molar-refractivity contribution in [3.63, 3.8) is 0 Å². The molecule has 5 heteroatoms. The van der Waals surface area contributed by atoms with Crippen LogP contribution in [0.25, 0.3) is 0 Å². The molecule has 3 rings (SSSR count). The van der Waals surface area contributed by atoms with Crippen LogP contribution in [0.1, 0.15) is 49.3 Å². The van der Waals surface area contributed by atoms with Gasteiger partial charge in [0, 0.05) is 31.5 Å². The molecule has 0 aromatic heterocycles. The summed E-state index contributed by atoms with van der Waals surface area (Å²) >= 11 is 0. The van der Waals surface area contributed by atoms with E-state index >= 15 is 0 Å². The molecule has 0 aliphatic carbocycles. The van der Waals surface area contributed by atoms with Gasteiger partial charge in [0.05, 0.1) is 6.04 Å². The Bertz CT molecular complexity index is 804. The van der Waals surface area contributed by atoms with E-state index in [-0.39, 0.29) is 36.4 Å². The Kier molecular flexibility index (Phi) is 6.22. The SMILES string of the molecule is Nc1ccc(CCC(=O)CCC(=O)N2CCCC2c2cccc(F)c2)cc1. The summed E-state index contributed by atoms with van der Waals surface area (Å²) < 4.78 is 13.5. The third kappa shape index (κ3) is 5.16. The molecular weight excluding hydrogens is 343 g/mol. The summed E-state index contributed by atoms with van der Waals surface area (Å²) in [6, 6.07) is 13.8. The van der Waals surface area contributed by atoms with E-state index in [0.29, 0.717) is 25.1 Å². The summed E-state index contributed by atoms with van der Waals surface area (Å²) in [6.07, 6.45) is 3.28. The third-order valence-corrected chi connectivity index (χ3v) is 5.10. The number of nitrogens with zero attached hydrogens (tertiary/aromatic N) is 1. The molecular formula is C22H25FN2O2. The smallest absolute Gasteiger partial charge is 0.223 e. The molecule has 1 amide bonds. The van der Waals surface area contributed by atoms with E-state index in [0.717, 1.165) is 24.0 Å². The van der Waals surface area contributed by atoms with Crippen LogP contribution >= 0.6 is 0 Å². The summed E-state index contributed by atoms with van der Waals surface area (Å²) in [4.78, 5) is 26.5. The maximum atomic E-state index is 13.5. The summed E-state index contributed by atoms with van der Waals surface area (Å²) in [5.74, 6) is -0.228. The number of carbonyl (C=O) groups excluding carboxylic acids is 2. The van der Waals surface area contributed by atoms with E-state index in [4.69, 9.17) is 5.73 Å². The lowest BCUT2D eigenvalue weighted by atomic mass is 10.0. The van der Waals surface area contributed by atoms with E-state index in [2.05, 4.69) is 0 Å². The van der Waals surface area contributed by atoms with E-state index in [1.807, 2.05) is 30.3 Å². The number of carbonyl (C=O) groups is 2. The number of amides is 1. The Morgan fingerprint density at radius 1 is 1.07 bits per heavy atom. The largest absolute Gasteiger partial charge is 0.399 e. The number of rotatable bonds is 7. The standard InChI is InChI=1S/C22H25FN2O2/c23-18-4-1-3-17(15-18)21-5-2-14-25(21)22(27)13-12-20(26)11-8-16-6-9-19(24)10-7-16/h1,3-4,6-7,9-10,15,21H,2,5,8,11-14,24H2. The van der Waals surface area contributed by atoms with Crippen molar-refractivity contribution in [3.8, 4) is 0 Å². The molecule has 1 aliphatic rings. The Labute approximate surface area is 159 Å². The van der Waals surface area contributed by atoms with Gasteiger partial charge in [-0.25, -0.2) is 4.39 Å². The van der Waals surface area contributed by atoms with Gasteiger partial charge in [0.2, 0.25) is 5.91 Å². The minimum atomic E-state index is -0.287. The zero-order valence-electron chi connectivity index (χ0n) is 15.4. The molecule has 2 aromatic rings. The van der Waals surface area contributed by atoms with Gasteiger partial charge >= 0.3 is 0 Å². The van der Waals surface area contributed by atoms with E-state index in [1.54, 1.807) is 11.0 Å². The van der Waals surface area contributed by atoms with Crippen LogP contribution in [0.2, 0.25) is 0 Å². The number of benzene rings is 2. The monoisotopic (exact) mass is 368 g/mol. The van der Waals surface area contributed by atoms with Gasteiger partial charge in [-0.15, -0.1) is 0 Å². The number of aryl methyl sites for hydroxylation is 1. The molecule has 0 saturated carbocycles. The topological polar surface area (TPSA) is 63.4 Å². The predicted octanol–water partition coefficient (Wildman–Crippen LogP) is 4.05. The summed E-state index contributed by atoms with van der Waals surface area (Å²) in [7, 11) is 0. The van der Waals surface area contributed by atoms with Crippen molar-refractivity contribution in [1.29, 1.82) is 0 Å². The zero-order chi connectivity index (χ0) is 19.2. The Balaban J connectivity index is 1.49. The normalized spacial score (nSPS) is 16.5. The molecule has 4 nitrogen and oxygen atoms in total. The molecule has 1 fully saturated rings. The second-order valence-electron chi connectivity index (χ2n) is 7.08. The lowest BCUT2D eigenvalue weighted by Gasteiger charge is -2.25. The second kappa shape index (κ2) is 8.80. The number of halogens is 1. The van der Waals surface area contributed by atoms with Crippen molar-refractivity contribution in [2.75, 3.05) is 12.3 Å². The fourth-order valence-electron chi connectivity index (χ4n) is 3.61. The number of hydrogen-bond acceptors (Lipinski definition) is 3. The van der Waals surface area contributed by atoms with Crippen LogP contribution in [0.3, 0.4) is 0 Å². The Morgan fingerprint density at radius 2 is 1.85 bits per heavy atom. The number of hydrogen-bond donors (Lipinski definition) is 1. The van der Waals surface area contributed by atoms with Gasteiger partial charge in [0.15, 0.2) is 0 Å². The molecule has 0 radical (unpaired) electrons. The summed E-state index contributed by atoms with van der Waals surface area (Å²) in [6.45, 7) is 0.666. The minimum Gasteiger partial charge on any atom is -0.399 e. The molecule has 1 aliphatic heterocycles. The second-order valence-corrected chi connectivity index (χ2v) is 7.08. The number of Topliss-reactive ketones (excluding diaryl/α,β-unsaturated/α-hetero) is 1. The van der Waals surface area contributed by atoms with Gasteiger partial charge in [-0.05, 0) is 54.7 Å². The molecule has 1 atom stereocenters. The zero-order valence-corrected chi connectivity index (χ0v) is 15.4. The van der Waals surface area contributed by atoms with Crippen molar-refractivity contribution < 1.29 is 14.0 Å². The first-order valence-electron chi connectivity index (χ1n) is 9.44. The van der Waals surface area contributed by atoms with Crippen LogP contribution in [0.4, 0.5) is 10.1 Å². The van der Waals surface area contributed by atoms with Crippen molar-refractivity contribution >= 4 is 17.4 Å². The number of anilines is 1. The number of nitrogen functional groups attached to an aromatic ring is 1. The maximum Gasteiger partial charge on any atom is 0.223 e. The minimum absolute atomic E-state index is 0.0254. The van der Waals surface area contributed by atoms with Crippen molar-refractivity contribution in [2.24, 2.45) is 0 Å². The molecule has 142 valence electrons. The van der Waals surface area contributed by atoms with Crippen LogP contribution in [-0.4, -0.2) is 23.1 Å². The average Bonchev–Trinajstić information content (AvgIpc) is 3.15. The number of likely N-dealkylation sites (tertiary alicyclic amines) is 1. The van der Waals surface area contributed by atoms with Gasteiger partial charge in [-0.2, -0.15) is 0 Å². The average molecular weight is 368 g/mol. The van der Waals surface area contributed by atoms with Gasteiger partial charge in [-0.3, -0.25) is 9.59 Å². The first kappa shape index (κ1) is 19.1. The lowest BCUT2D eigenvalue weighted by Crippen LogP contribution is -2.30. The lowest BCUT2D eigenvalue weighted by molar-refractivity contribution is -0.134. The van der Waals surface area contributed by atoms with Gasteiger partial charge in [0.1, 0.15) is 11.6 Å². The first-order valence-corrected chi connectivity index (χ1v) is 9.44. The quantitative estimate of drug-likeness (QED) is 0.750. The van der Waals surface area contributed by atoms with Crippen molar-refractivity contribution in [2.45, 2.75) is 44.6 Å². The highest BCUT2D eigenvalue weighted by molar-refractivity contribution is 5.85. The molecule has 2 N–H and O–H groups in total. The Hall–Kier alpha value is -2.69. The molecule has 1 saturated heterocycles. The molecule has 1 unspecified atom stereocenters. The van der Waals surface area contributed by atoms with Gasteiger partial charge in [0.25, 0.3) is 0 Å². The Morgan fingerprint density at radius 3 is 2.59 bits per heavy atom. The van der Waals surface area contributed by atoms with Crippen LogP contribution in [0.5, 0.6) is 0 Å². The highest BCUT2D eigenvalue weighted by atomic mass is 19.1. The predicted molar refractivity (Wildman–Crippen MR) is 104 cm³/mol. The summed E-state index contributed by atoms with van der Waals surface area (Å²) in [5, 5.41) is 0. The molecule has 27 heavy (non-hydrogen) atoms. The van der Waals surface area contributed by atoms with E-state index in [9.17, 15) is 14.0 Å². The van der Waals surface area contributed by atoms with Gasteiger partial charge < -0.3 is 10.6 Å². The van der Waals surface area contributed by atoms with Gasteiger partial charge in [-0.1, -0.05) is 24.3 Å². The molecule has 0 bridgehead atoms. The van der Waals surface area contributed by atoms with Crippen molar-refractivity contribution in [3.05, 3.63) is 65.5 Å². The highest BCUT2D eigenvalue weighted by Gasteiger charge is 2.29. The number of ketones is 1. The van der Waals surface area contributed by atoms with Crippen molar-refractivity contribution in [1.82, 2.24) is 4.90 Å². The fourth-order valence-corrected chi connectivity index (χ4v) is 3.61. The first-order chi connectivity index (χ1) is 13.0. The summed E-state index contributed by atoms with van der Waals surface area (Å²) in [5.41, 5.74) is 8.25.